The zero-order valence-corrected chi connectivity index (χ0v) is 9.50. The minimum atomic E-state index is 0.791. The molecule has 0 bridgehead atoms. The molecule has 2 heteroatoms. The van der Waals surface area contributed by atoms with Crippen LogP contribution in [0.4, 0.5) is 0 Å². The molecule has 0 radical (unpaired) electrons. The maximum Gasteiger partial charge on any atom is 0.0236 e. The van der Waals surface area contributed by atoms with E-state index in [2.05, 4.69) is 30.1 Å². The highest BCUT2D eigenvalue weighted by molar-refractivity contribution is 5.37. The summed E-state index contributed by atoms with van der Waals surface area (Å²) in [7, 11) is 2.20. The van der Waals surface area contributed by atoms with Gasteiger partial charge >= 0.3 is 0 Å². The minimum absolute atomic E-state index is 0.791. The fraction of sp³-hybridized carbons (Fsp3) is 0.538. The number of nitrogens with zero attached hydrogens (tertiary/aromatic N) is 1. The van der Waals surface area contributed by atoms with E-state index in [0.29, 0.717) is 0 Å². The van der Waals surface area contributed by atoms with Gasteiger partial charge in [-0.1, -0.05) is 18.2 Å². The van der Waals surface area contributed by atoms with Crippen LogP contribution in [-0.2, 0) is 19.4 Å². The Kier molecular flexibility index (Phi) is 3.39. The third kappa shape index (κ3) is 2.39. The molecule has 0 saturated heterocycles. The first-order chi connectivity index (χ1) is 7.31. The SMILES string of the molecule is CN1CCc2cccc(CCCN)c2C1. The molecule has 2 rings (SSSR count). The third-order valence-corrected chi connectivity index (χ3v) is 3.21. The van der Waals surface area contributed by atoms with Gasteiger partial charge in [-0.05, 0) is 49.5 Å². The summed E-state index contributed by atoms with van der Waals surface area (Å²) in [5.74, 6) is 0. The fourth-order valence-electron chi connectivity index (χ4n) is 2.31. The average molecular weight is 204 g/mol. The van der Waals surface area contributed by atoms with Crippen LogP contribution in [-0.4, -0.2) is 25.0 Å². The molecule has 0 amide bonds. The van der Waals surface area contributed by atoms with Gasteiger partial charge in [-0.2, -0.15) is 0 Å². The smallest absolute Gasteiger partial charge is 0.0236 e. The second kappa shape index (κ2) is 4.77. The van der Waals surface area contributed by atoms with Gasteiger partial charge in [0.05, 0.1) is 0 Å². The van der Waals surface area contributed by atoms with Crippen LogP contribution in [0.1, 0.15) is 23.1 Å². The lowest BCUT2D eigenvalue weighted by molar-refractivity contribution is 0.311. The molecule has 1 aliphatic rings. The van der Waals surface area contributed by atoms with Crippen LogP contribution in [0, 0.1) is 0 Å². The summed E-state index contributed by atoms with van der Waals surface area (Å²) in [4.78, 5) is 2.40. The van der Waals surface area contributed by atoms with Crippen molar-refractivity contribution in [3.63, 3.8) is 0 Å². The van der Waals surface area contributed by atoms with E-state index in [1.165, 1.54) is 18.5 Å². The standard InChI is InChI=1S/C13H20N2/c1-15-9-7-12-5-2-4-11(6-3-8-14)13(12)10-15/h2,4-5H,3,6-10,14H2,1H3. The first-order valence-electron chi connectivity index (χ1n) is 5.79. The first kappa shape index (κ1) is 10.7. The molecule has 15 heavy (non-hydrogen) atoms. The van der Waals surface area contributed by atoms with Crippen LogP contribution in [0.3, 0.4) is 0 Å². The lowest BCUT2D eigenvalue weighted by Gasteiger charge is -2.27. The van der Waals surface area contributed by atoms with Crippen molar-refractivity contribution in [2.75, 3.05) is 20.1 Å². The number of hydrogen-bond donors (Lipinski definition) is 1. The van der Waals surface area contributed by atoms with E-state index >= 15 is 0 Å². The first-order valence-corrected chi connectivity index (χ1v) is 5.79. The molecule has 1 aliphatic heterocycles. The Hall–Kier alpha value is -0.860. The van der Waals surface area contributed by atoms with Gasteiger partial charge in [0, 0.05) is 13.1 Å². The summed E-state index contributed by atoms with van der Waals surface area (Å²) in [6, 6.07) is 6.72. The predicted molar refractivity (Wildman–Crippen MR) is 63.9 cm³/mol. The molecule has 0 fully saturated rings. The van der Waals surface area contributed by atoms with Crippen molar-refractivity contribution in [1.29, 1.82) is 0 Å². The highest BCUT2D eigenvalue weighted by Crippen LogP contribution is 2.22. The number of hydrogen-bond acceptors (Lipinski definition) is 2. The number of benzene rings is 1. The molecule has 2 N–H and O–H groups in total. The van der Waals surface area contributed by atoms with E-state index in [-0.39, 0.29) is 0 Å². The molecule has 1 aromatic rings. The average Bonchev–Trinajstić information content (AvgIpc) is 2.26. The van der Waals surface area contributed by atoms with Gasteiger partial charge in [0.2, 0.25) is 0 Å². The summed E-state index contributed by atoms with van der Waals surface area (Å²) in [6.45, 7) is 3.09. The Morgan fingerprint density at radius 2 is 2.27 bits per heavy atom. The third-order valence-electron chi connectivity index (χ3n) is 3.21. The fourth-order valence-corrected chi connectivity index (χ4v) is 2.31. The summed E-state index contributed by atoms with van der Waals surface area (Å²) in [5.41, 5.74) is 10.2. The molecular weight excluding hydrogens is 184 g/mol. The number of nitrogens with two attached hydrogens (primary N) is 1. The second-order valence-corrected chi connectivity index (χ2v) is 4.43. The molecule has 82 valence electrons. The normalized spacial score (nSPS) is 16.4. The van der Waals surface area contributed by atoms with E-state index < -0.39 is 0 Å². The molecule has 2 nitrogen and oxygen atoms in total. The van der Waals surface area contributed by atoms with Crippen LogP contribution < -0.4 is 5.73 Å². The zero-order valence-electron chi connectivity index (χ0n) is 9.50. The van der Waals surface area contributed by atoms with Gasteiger partial charge in [-0.3, -0.25) is 0 Å². The van der Waals surface area contributed by atoms with Crippen LogP contribution in [0.5, 0.6) is 0 Å². The van der Waals surface area contributed by atoms with Crippen molar-refractivity contribution in [2.24, 2.45) is 5.73 Å². The molecule has 0 atom stereocenters. The summed E-state index contributed by atoms with van der Waals surface area (Å²) < 4.78 is 0. The molecular formula is C13H20N2. The van der Waals surface area contributed by atoms with Gasteiger partial charge in [0.25, 0.3) is 0 Å². The van der Waals surface area contributed by atoms with Crippen LogP contribution in [0.2, 0.25) is 0 Å². The maximum absolute atomic E-state index is 5.57. The molecule has 0 spiro atoms. The van der Waals surface area contributed by atoms with Crippen molar-refractivity contribution < 1.29 is 0 Å². The van der Waals surface area contributed by atoms with Gasteiger partial charge in [-0.15, -0.1) is 0 Å². The van der Waals surface area contributed by atoms with Crippen molar-refractivity contribution in [2.45, 2.75) is 25.8 Å². The number of likely N-dealkylation sites (N-methyl/N-ethyl adjacent to an activating group) is 1. The van der Waals surface area contributed by atoms with Crippen LogP contribution >= 0.6 is 0 Å². The lowest BCUT2D eigenvalue weighted by atomic mass is 9.93. The molecule has 0 aromatic heterocycles. The number of aryl methyl sites for hydroxylation is 1. The Morgan fingerprint density at radius 1 is 1.40 bits per heavy atom. The quantitative estimate of drug-likeness (QED) is 0.809. The van der Waals surface area contributed by atoms with E-state index in [1.807, 2.05) is 0 Å². The van der Waals surface area contributed by atoms with Gasteiger partial charge in [-0.25, -0.2) is 0 Å². The van der Waals surface area contributed by atoms with Crippen molar-refractivity contribution in [3.05, 3.63) is 34.9 Å². The van der Waals surface area contributed by atoms with Gasteiger partial charge < -0.3 is 10.6 Å². The van der Waals surface area contributed by atoms with E-state index in [1.54, 1.807) is 11.1 Å². The van der Waals surface area contributed by atoms with Gasteiger partial charge in [0.1, 0.15) is 0 Å². The second-order valence-electron chi connectivity index (χ2n) is 4.43. The molecule has 1 heterocycles. The van der Waals surface area contributed by atoms with Crippen LogP contribution in [0.25, 0.3) is 0 Å². The largest absolute Gasteiger partial charge is 0.330 e. The number of fused-ring (bicyclic) bond motifs is 1. The Morgan fingerprint density at radius 3 is 3.07 bits per heavy atom. The van der Waals surface area contributed by atoms with E-state index in [4.69, 9.17) is 5.73 Å². The van der Waals surface area contributed by atoms with Crippen molar-refractivity contribution >= 4 is 0 Å². The zero-order chi connectivity index (χ0) is 10.7. The minimum Gasteiger partial charge on any atom is -0.330 e. The predicted octanol–water partition coefficient (Wildman–Crippen LogP) is 1.57. The highest BCUT2D eigenvalue weighted by atomic mass is 15.1. The molecule has 1 aromatic carbocycles. The monoisotopic (exact) mass is 204 g/mol. The summed E-state index contributed by atoms with van der Waals surface area (Å²) >= 11 is 0. The maximum atomic E-state index is 5.57. The highest BCUT2D eigenvalue weighted by Gasteiger charge is 2.15. The van der Waals surface area contributed by atoms with E-state index in [9.17, 15) is 0 Å². The Balaban J connectivity index is 2.23. The Bertz CT molecular complexity index is 333. The molecule has 0 unspecified atom stereocenters. The number of rotatable bonds is 3. The lowest BCUT2D eigenvalue weighted by Crippen LogP contribution is -2.27. The molecule has 0 aliphatic carbocycles. The molecule has 0 saturated carbocycles. The van der Waals surface area contributed by atoms with Gasteiger partial charge in [0.15, 0.2) is 0 Å². The summed E-state index contributed by atoms with van der Waals surface area (Å²) in [6.07, 6.45) is 3.43. The van der Waals surface area contributed by atoms with Crippen molar-refractivity contribution in [3.8, 4) is 0 Å². The topological polar surface area (TPSA) is 29.3 Å². The Labute approximate surface area is 92.1 Å². The van der Waals surface area contributed by atoms with E-state index in [0.717, 1.165) is 25.9 Å². The summed E-state index contributed by atoms with van der Waals surface area (Å²) in [5, 5.41) is 0. The van der Waals surface area contributed by atoms with Crippen LogP contribution in [0.15, 0.2) is 18.2 Å². The van der Waals surface area contributed by atoms with Crippen molar-refractivity contribution in [1.82, 2.24) is 4.90 Å².